The molecular weight excluding hydrogens is 413 g/mol. The number of halogens is 1. The number of benzene rings is 1. The summed E-state index contributed by atoms with van der Waals surface area (Å²) in [5.41, 5.74) is 1.77. The number of hydrogen-bond donors (Lipinski definition) is 1. The molecule has 8 heteroatoms. The lowest BCUT2D eigenvalue weighted by Crippen LogP contribution is -2.53. The van der Waals surface area contributed by atoms with Crippen LogP contribution in [0.5, 0.6) is 0 Å². The fraction of sp³-hybridized carbons (Fsp3) is 0.565. The second-order valence-electron chi connectivity index (χ2n) is 9.94. The molecule has 1 aromatic carbocycles. The molecule has 170 valence electrons. The standard InChI is InChI=1S/C23H34FN5OS/c1-22(2,3)29-13-11-28(12-14-29)21-25-15-18(16-26-21)20(27-31(30)23(4,5)6)17-7-9-19(24)10-8-17/h7-10,15-16,20,27H,11-14H2,1-6H3/t20-,31?/m0/s1. The highest BCUT2D eigenvalue weighted by Gasteiger charge is 2.31. The van der Waals surface area contributed by atoms with Crippen molar-refractivity contribution in [3.8, 4) is 0 Å². The first-order valence-electron chi connectivity index (χ1n) is 10.7. The molecule has 1 aliphatic rings. The molecule has 0 aliphatic carbocycles. The van der Waals surface area contributed by atoms with Crippen LogP contribution in [0.2, 0.25) is 0 Å². The van der Waals surface area contributed by atoms with Crippen LogP contribution in [0.4, 0.5) is 10.3 Å². The van der Waals surface area contributed by atoms with Gasteiger partial charge in [0.05, 0.1) is 0 Å². The Morgan fingerprint density at radius 1 is 0.935 bits per heavy atom. The fourth-order valence-corrected chi connectivity index (χ4v) is 4.33. The minimum Gasteiger partial charge on any atom is -0.598 e. The maximum Gasteiger partial charge on any atom is 0.225 e. The van der Waals surface area contributed by atoms with Crippen molar-refractivity contribution < 1.29 is 8.94 Å². The topological polar surface area (TPSA) is 67.3 Å². The predicted octanol–water partition coefficient (Wildman–Crippen LogP) is 3.68. The van der Waals surface area contributed by atoms with Gasteiger partial charge in [0.2, 0.25) is 5.95 Å². The zero-order valence-corrected chi connectivity index (χ0v) is 20.2. The van der Waals surface area contributed by atoms with Gasteiger partial charge in [-0.15, -0.1) is 4.72 Å². The molecule has 1 N–H and O–H groups in total. The third-order valence-electron chi connectivity index (χ3n) is 5.49. The van der Waals surface area contributed by atoms with Crippen LogP contribution in [-0.4, -0.2) is 55.9 Å². The van der Waals surface area contributed by atoms with Gasteiger partial charge >= 0.3 is 0 Å². The third kappa shape index (κ3) is 6.16. The third-order valence-corrected chi connectivity index (χ3v) is 7.05. The SMILES string of the molecule is CC(C)(C)N1CCN(c2ncc([C@@H](N[S+]([O-])C(C)(C)C)c3ccc(F)cc3)cn2)CC1. The molecule has 3 rings (SSSR count). The molecule has 0 saturated carbocycles. The molecule has 1 unspecified atom stereocenters. The summed E-state index contributed by atoms with van der Waals surface area (Å²) in [6.07, 6.45) is 3.55. The largest absolute Gasteiger partial charge is 0.598 e. The van der Waals surface area contributed by atoms with Crippen LogP contribution < -0.4 is 9.62 Å². The number of aromatic nitrogens is 2. The number of anilines is 1. The molecule has 0 amide bonds. The zero-order valence-electron chi connectivity index (χ0n) is 19.4. The van der Waals surface area contributed by atoms with Crippen molar-refractivity contribution in [2.45, 2.75) is 57.9 Å². The summed E-state index contributed by atoms with van der Waals surface area (Å²) in [5.74, 6) is 0.396. The van der Waals surface area contributed by atoms with Crippen molar-refractivity contribution in [1.82, 2.24) is 19.6 Å². The number of rotatable bonds is 5. The summed E-state index contributed by atoms with van der Waals surface area (Å²) in [6, 6.07) is 5.83. The second-order valence-corrected chi connectivity index (χ2v) is 11.9. The normalized spacial score (nSPS) is 18.1. The van der Waals surface area contributed by atoms with Crippen molar-refractivity contribution in [3.63, 3.8) is 0 Å². The maximum absolute atomic E-state index is 13.5. The fourth-order valence-electron chi connectivity index (χ4n) is 3.49. The van der Waals surface area contributed by atoms with E-state index in [2.05, 4.69) is 45.3 Å². The number of nitrogens with zero attached hydrogens (tertiary/aromatic N) is 4. The van der Waals surface area contributed by atoms with E-state index in [1.165, 1.54) is 12.1 Å². The minimum absolute atomic E-state index is 0.160. The van der Waals surface area contributed by atoms with Gasteiger partial charge in [0, 0.05) is 61.0 Å². The van der Waals surface area contributed by atoms with Crippen molar-refractivity contribution in [1.29, 1.82) is 0 Å². The Bertz CT molecular complexity index is 840. The van der Waals surface area contributed by atoms with E-state index in [9.17, 15) is 8.94 Å². The molecular formula is C23H34FN5OS. The molecule has 1 aromatic heterocycles. The Morgan fingerprint density at radius 2 is 1.48 bits per heavy atom. The van der Waals surface area contributed by atoms with Crippen LogP contribution in [0, 0.1) is 5.82 Å². The Balaban J connectivity index is 1.78. The van der Waals surface area contributed by atoms with E-state index in [1.54, 1.807) is 24.5 Å². The van der Waals surface area contributed by atoms with Crippen LogP contribution in [0.15, 0.2) is 36.7 Å². The van der Waals surface area contributed by atoms with Gasteiger partial charge in [-0.2, -0.15) is 0 Å². The summed E-state index contributed by atoms with van der Waals surface area (Å²) in [6.45, 7) is 16.1. The Kier molecular flexibility index (Phi) is 7.25. The molecule has 6 nitrogen and oxygen atoms in total. The lowest BCUT2D eigenvalue weighted by molar-refractivity contribution is 0.128. The highest BCUT2D eigenvalue weighted by atomic mass is 32.2. The Hall–Kier alpha value is -1.74. The molecule has 1 aliphatic heterocycles. The molecule has 0 radical (unpaired) electrons. The first-order chi connectivity index (χ1) is 14.4. The maximum atomic E-state index is 13.5. The van der Waals surface area contributed by atoms with Crippen molar-refractivity contribution in [2.75, 3.05) is 31.1 Å². The summed E-state index contributed by atoms with van der Waals surface area (Å²) in [7, 11) is 0. The number of piperazine rings is 1. The number of hydrogen-bond acceptors (Lipinski definition) is 6. The zero-order chi connectivity index (χ0) is 22.8. The summed E-state index contributed by atoms with van der Waals surface area (Å²) < 4.78 is 29.0. The van der Waals surface area contributed by atoms with Gasteiger partial charge in [0.1, 0.15) is 16.6 Å². The minimum atomic E-state index is -1.31. The van der Waals surface area contributed by atoms with E-state index in [1.807, 2.05) is 20.8 Å². The van der Waals surface area contributed by atoms with Gasteiger partial charge in [-0.3, -0.25) is 4.90 Å². The van der Waals surface area contributed by atoms with E-state index in [4.69, 9.17) is 0 Å². The van der Waals surface area contributed by atoms with Crippen LogP contribution in [0.25, 0.3) is 0 Å². The van der Waals surface area contributed by atoms with E-state index in [0.29, 0.717) is 5.95 Å². The van der Waals surface area contributed by atoms with E-state index >= 15 is 0 Å². The molecule has 2 aromatic rings. The van der Waals surface area contributed by atoms with Crippen LogP contribution in [-0.2, 0) is 11.4 Å². The lowest BCUT2D eigenvalue weighted by Gasteiger charge is -2.42. The first-order valence-corrected chi connectivity index (χ1v) is 11.9. The first kappa shape index (κ1) is 23.9. The molecule has 0 spiro atoms. The Labute approximate surface area is 188 Å². The predicted molar refractivity (Wildman–Crippen MR) is 125 cm³/mol. The van der Waals surface area contributed by atoms with Crippen LogP contribution >= 0.6 is 0 Å². The van der Waals surface area contributed by atoms with Gasteiger partial charge in [0.25, 0.3) is 0 Å². The molecule has 1 fully saturated rings. The molecule has 31 heavy (non-hydrogen) atoms. The highest BCUT2D eigenvalue weighted by Crippen LogP contribution is 2.26. The van der Waals surface area contributed by atoms with Crippen molar-refractivity contribution >= 4 is 17.3 Å². The smallest absolute Gasteiger partial charge is 0.225 e. The molecule has 0 bridgehead atoms. The monoisotopic (exact) mass is 447 g/mol. The van der Waals surface area contributed by atoms with E-state index in [-0.39, 0.29) is 11.4 Å². The average molecular weight is 448 g/mol. The van der Waals surface area contributed by atoms with Gasteiger partial charge in [-0.05, 0) is 59.2 Å². The second kappa shape index (κ2) is 9.40. The van der Waals surface area contributed by atoms with Gasteiger partial charge in [-0.1, -0.05) is 12.1 Å². The highest BCUT2D eigenvalue weighted by molar-refractivity contribution is 7.90. The molecule has 2 atom stereocenters. The van der Waals surface area contributed by atoms with E-state index in [0.717, 1.165) is 37.3 Å². The van der Waals surface area contributed by atoms with Gasteiger partial charge < -0.3 is 9.45 Å². The van der Waals surface area contributed by atoms with Gasteiger partial charge in [-0.25, -0.2) is 14.4 Å². The lowest BCUT2D eigenvalue weighted by atomic mass is 10.0. The van der Waals surface area contributed by atoms with E-state index < -0.39 is 22.2 Å². The van der Waals surface area contributed by atoms with Gasteiger partial charge in [0.15, 0.2) is 0 Å². The quantitative estimate of drug-likeness (QED) is 0.706. The molecule has 1 saturated heterocycles. The summed E-state index contributed by atoms with van der Waals surface area (Å²) >= 11 is -1.31. The van der Waals surface area contributed by atoms with Crippen LogP contribution in [0.1, 0.15) is 58.7 Å². The summed E-state index contributed by atoms with van der Waals surface area (Å²) in [5, 5.41) is 0. The van der Waals surface area contributed by atoms with Crippen molar-refractivity contribution in [2.24, 2.45) is 0 Å². The van der Waals surface area contributed by atoms with Crippen LogP contribution in [0.3, 0.4) is 0 Å². The number of nitrogens with one attached hydrogen (secondary N) is 1. The summed E-state index contributed by atoms with van der Waals surface area (Å²) in [4.78, 5) is 13.9. The molecule has 2 heterocycles. The van der Waals surface area contributed by atoms with Crippen molar-refractivity contribution in [3.05, 3.63) is 53.6 Å². The Morgan fingerprint density at radius 3 is 1.97 bits per heavy atom. The average Bonchev–Trinajstić information content (AvgIpc) is 2.71.